The van der Waals surface area contributed by atoms with Gasteiger partial charge in [-0.1, -0.05) is 26.0 Å². The molecule has 2 aromatic rings. The van der Waals surface area contributed by atoms with Crippen molar-refractivity contribution in [2.75, 3.05) is 19.0 Å². The molecule has 21 heavy (non-hydrogen) atoms. The first-order valence-electron chi connectivity index (χ1n) is 6.89. The quantitative estimate of drug-likeness (QED) is 0.825. The second-order valence-corrected chi connectivity index (χ2v) is 6.52. The number of hydrogen-bond acceptors (Lipinski definition) is 4. The van der Waals surface area contributed by atoms with Gasteiger partial charge in [0.2, 0.25) is 0 Å². The number of benzene rings is 1. The molecule has 0 saturated heterocycles. The number of para-hydroxylation sites is 1. The molecule has 1 aromatic heterocycles. The van der Waals surface area contributed by atoms with Crippen LogP contribution in [0.3, 0.4) is 0 Å². The lowest BCUT2D eigenvalue weighted by molar-refractivity contribution is 0.416. The minimum absolute atomic E-state index is 0.394. The average Bonchev–Trinajstić information content (AvgIpc) is 2.99. The Morgan fingerprint density at radius 2 is 2.24 bits per heavy atom. The van der Waals surface area contributed by atoms with Gasteiger partial charge in [0, 0.05) is 18.9 Å². The molecular weight excluding hydrogens is 286 g/mol. The summed E-state index contributed by atoms with van der Waals surface area (Å²) in [6, 6.07) is 5.78. The minimum atomic E-state index is -1.20. The fourth-order valence-electron chi connectivity index (χ4n) is 1.96. The first kappa shape index (κ1) is 15.6. The van der Waals surface area contributed by atoms with Crippen LogP contribution >= 0.6 is 0 Å². The standard InChI is InChI=1S/C15H21N3O2S/c1-11(2)9-18-14-12(5-4-6-13(14)20-3)10-21(19)15-16-7-8-17-15/h4-8,11,18H,9-10H2,1-3H3,(H,16,17). The summed E-state index contributed by atoms with van der Waals surface area (Å²) in [6.45, 7) is 5.12. The largest absolute Gasteiger partial charge is 0.495 e. The van der Waals surface area contributed by atoms with Gasteiger partial charge in [0.15, 0.2) is 5.16 Å². The molecule has 0 radical (unpaired) electrons. The highest BCUT2D eigenvalue weighted by atomic mass is 32.2. The maximum absolute atomic E-state index is 12.3. The van der Waals surface area contributed by atoms with Crippen LogP contribution in [-0.2, 0) is 16.6 Å². The van der Waals surface area contributed by atoms with Gasteiger partial charge < -0.3 is 15.0 Å². The van der Waals surface area contributed by atoms with Gasteiger partial charge in [-0.25, -0.2) is 4.98 Å². The second-order valence-electron chi connectivity index (χ2n) is 5.15. The molecule has 1 atom stereocenters. The molecule has 5 nitrogen and oxygen atoms in total. The van der Waals surface area contributed by atoms with Crippen molar-refractivity contribution in [3.05, 3.63) is 36.2 Å². The molecule has 0 fully saturated rings. The summed E-state index contributed by atoms with van der Waals surface area (Å²) in [5.41, 5.74) is 1.87. The molecule has 0 bridgehead atoms. The molecule has 114 valence electrons. The first-order valence-corrected chi connectivity index (χ1v) is 8.21. The topological polar surface area (TPSA) is 67.0 Å². The Morgan fingerprint density at radius 3 is 2.86 bits per heavy atom. The third-order valence-electron chi connectivity index (χ3n) is 2.99. The van der Waals surface area contributed by atoms with Gasteiger partial charge in [0.25, 0.3) is 0 Å². The van der Waals surface area contributed by atoms with E-state index in [1.807, 2.05) is 18.2 Å². The molecular formula is C15H21N3O2S. The van der Waals surface area contributed by atoms with Crippen LogP contribution in [0.2, 0.25) is 0 Å². The number of imidazole rings is 1. The van der Waals surface area contributed by atoms with Gasteiger partial charge in [0.05, 0.1) is 29.3 Å². The summed E-state index contributed by atoms with van der Waals surface area (Å²) in [6.07, 6.45) is 3.29. The van der Waals surface area contributed by atoms with Crippen LogP contribution in [0.1, 0.15) is 19.4 Å². The van der Waals surface area contributed by atoms with E-state index >= 15 is 0 Å². The third kappa shape index (κ3) is 4.07. The molecule has 0 aliphatic rings. The highest BCUT2D eigenvalue weighted by Crippen LogP contribution is 2.30. The van der Waals surface area contributed by atoms with Gasteiger partial charge in [-0.2, -0.15) is 0 Å². The van der Waals surface area contributed by atoms with Gasteiger partial charge in [0.1, 0.15) is 5.75 Å². The summed E-state index contributed by atoms with van der Waals surface area (Å²) < 4.78 is 17.7. The minimum Gasteiger partial charge on any atom is -0.495 e. The normalized spacial score (nSPS) is 12.4. The highest BCUT2D eigenvalue weighted by molar-refractivity contribution is 7.84. The van der Waals surface area contributed by atoms with Crippen molar-refractivity contribution in [3.8, 4) is 5.75 Å². The number of anilines is 1. The van der Waals surface area contributed by atoms with E-state index in [4.69, 9.17) is 4.74 Å². The predicted octanol–water partition coefficient (Wildman–Crippen LogP) is 2.79. The maximum atomic E-state index is 12.3. The zero-order chi connectivity index (χ0) is 15.2. The van der Waals surface area contributed by atoms with E-state index < -0.39 is 10.8 Å². The first-order chi connectivity index (χ1) is 10.1. The molecule has 0 aliphatic heterocycles. The number of nitrogens with one attached hydrogen (secondary N) is 2. The van der Waals surface area contributed by atoms with Crippen LogP contribution in [0.25, 0.3) is 0 Å². The Morgan fingerprint density at radius 1 is 1.43 bits per heavy atom. The van der Waals surface area contributed by atoms with E-state index in [9.17, 15) is 4.21 Å². The Balaban J connectivity index is 2.23. The van der Waals surface area contributed by atoms with Crippen molar-refractivity contribution in [3.63, 3.8) is 0 Å². The van der Waals surface area contributed by atoms with Gasteiger partial charge in [-0.05, 0) is 17.5 Å². The van der Waals surface area contributed by atoms with E-state index in [0.717, 1.165) is 23.5 Å². The Hall–Kier alpha value is -1.82. The third-order valence-corrected chi connectivity index (χ3v) is 4.22. The maximum Gasteiger partial charge on any atom is 0.196 e. The summed E-state index contributed by atoms with van der Waals surface area (Å²) in [7, 11) is 0.442. The molecule has 2 N–H and O–H groups in total. The van der Waals surface area contributed by atoms with E-state index in [2.05, 4.69) is 29.1 Å². The van der Waals surface area contributed by atoms with Crippen LogP contribution < -0.4 is 10.1 Å². The Bertz CT molecular complexity index is 597. The van der Waals surface area contributed by atoms with Gasteiger partial charge in [-0.3, -0.25) is 4.21 Å². The average molecular weight is 307 g/mol. The lowest BCUT2D eigenvalue weighted by Gasteiger charge is -2.16. The number of methoxy groups -OCH3 is 1. The van der Waals surface area contributed by atoms with Crippen molar-refractivity contribution in [1.29, 1.82) is 0 Å². The van der Waals surface area contributed by atoms with Crippen molar-refractivity contribution in [1.82, 2.24) is 9.97 Å². The molecule has 1 aromatic carbocycles. The lowest BCUT2D eigenvalue weighted by Crippen LogP contribution is -2.11. The van der Waals surface area contributed by atoms with Crippen molar-refractivity contribution in [2.24, 2.45) is 5.92 Å². The van der Waals surface area contributed by atoms with Crippen LogP contribution in [0, 0.1) is 5.92 Å². The molecule has 0 amide bonds. The summed E-state index contributed by atoms with van der Waals surface area (Å²) in [4.78, 5) is 6.94. The van der Waals surface area contributed by atoms with E-state index in [0.29, 0.717) is 16.8 Å². The monoisotopic (exact) mass is 307 g/mol. The Labute approximate surface area is 127 Å². The van der Waals surface area contributed by atoms with E-state index in [1.165, 1.54) is 0 Å². The van der Waals surface area contributed by atoms with Gasteiger partial charge >= 0.3 is 0 Å². The predicted molar refractivity (Wildman–Crippen MR) is 85.0 cm³/mol. The number of rotatable bonds is 7. The van der Waals surface area contributed by atoms with Crippen LogP contribution in [0.5, 0.6) is 5.75 Å². The van der Waals surface area contributed by atoms with E-state index in [1.54, 1.807) is 19.5 Å². The number of ether oxygens (including phenoxy) is 1. The molecule has 0 aliphatic carbocycles. The smallest absolute Gasteiger partial charge is 0.196 e. The molecule has 1 unspecified atom stereocenters. The molecule has 2 rings (SSSR count). The molecule has 0 spiro atoms. The summed E-state index contributed by atoms with van der Waals surface area (Å²) in [5, 5.41) is 3.89. The summed E-state index contributed by atoms with van der Waals surface area (Å²) >= 11 is 0. The molecule has 1 heterocycles. The van der Waals surface area contributed by atoms with Crippen molar-refractivity contribution >= 4 is 16.5 Å². The Kier molecular flexibility index (Phi) is 5.38. The highest BCUT2D eigenvalue weighted by Gasteiger charge is 2.14. The lowest BCUT2D eigenvalue weighted by atomic mass is 10.1. The van der Waals surface area contributed by atoms with Crippen LogP contribution in [0.4, 0.5) is 5.69 Å². The number of hydrogen-bond donors (Lipinski definition) is 2. The zero-order valence-electron chi connectivity index (χ0n) is 12.6. The van der Waals surface area contributed by atoms with Crippen LogP contribution in [-0.4, -0.2) is 27.8 Å². The fourth-order valence-corrected chi connectivity index (χ4v) is 3.00. The number of aromatic amines is 1. The van der Waals surface area contributed by atoms with Gasteiger partial charge in [-0.15, -0.1) is 0 Å². The summed E-state index contributed by atoms with van der Waals surface area (Å²) in [5.74, 6) is 1.67. The van der Waals surface area contributed by atoms with Crippen molar-refractivity contribution < 1.29 is 8.95 Å². The second kappa shape index (κ2) is 7.26. The number of H-pyrrole nitrogens is 1. The fraction of sp³-hybridized carbons (Fsp3) is 0.400. The zero-order valence-corrected chi connectivity index (χ0v) is 13.4. The molecule has 0 saturated carbocycles. The number of nitrogens with zero attached hydrogens (tertiary/aromatic N) is 1. The van der Waals surface area contributed by atoms with E-state index in [-0.39, 0.29) is 0 Å². The number of aromatic nitrogens is 2. The molecule has 6 heteroatoms. The van der Waals surface area contributed by atoms with Crippen molar-refractivity contribution in [2.45, 2.75) is 24.8 Å². The van der Waals surface area contributed by atoms with Crippen LogP contribution in [0.15, 0.2) is 35.7 Å². The SMILES string of the molecule is COc1cccc(CS(=O)c2ncc[nH]2)c1NCC(C)C.